The molecule has 0 saturated carbocycles. The van der Waals surface area contributed by atoms with E-state index in [2.05, 4.69) is 5.32 Å². The average molecular weight is 326 g/mol. The summed E-state index contributed by atoms with van der Waals surface area (Å²) in [5.41, 5.74) is 7.10. The molecule has 0 radical (unpaired) electrons. The van der Waals surface area contributed by atoms with Gasteiger partial charge in [-0.05, 0) is 37.5 Å². The third-order valence-electron chi connectivity index (χ3n) is 3.61. The van der Waals surface area contributed by atoms with Crippen LogP contribution >= 0.6 is 23.8 Å². The van der Waals surface area contributed by atoms with E-state index in [4.69, 9.17) is 29.6 Å². The molecular formula is C15H20ClN3OS. The Balaban J connectivity index is 1.81. The summed E-state index contributed by atoms with van der Waals surface area (Å²) < 4.78 is 0. The number of nitrogens with two attached hydrogens (primary N) is 1. The van der Waals surface area contributed by atoms with E-state index in [1.165, 1.54) is 6.42 Å². The Morgan fingerprint density at radius 2 is 2.05 bits per heavy atom. The summed E-state index contributed by atoms with van der Waals surface area (Å²) in [6, 6.07) is 5.44. The lowest BCUT2D eigenvalue weighted by Gasteiger charge is -2.26. The van der Waals surface area contributed by atoms with Crippen LogP contribution in [0.3, 0.4) is 0 Å². The fourth-order valence-corrected chi connectivity index (χ4v) is 2.96. The SMILES string of the molecule is NC(=S)c1ccc(NCCC(=O)N2CCCCC2)cc1Cl. The largest absolute Gasteiger partial charge is 0.389 e. The second-order valence-corrected chi connectivity index (χ2v) is 6.02. The van der Waals surface area contributed by atoms with Crippen molar-refractivity contribution in [2.24, 2.45) is 5.73 Å². The maximum Gasteiger partial charge on any atom is 0.224 e. The topological polar surface area (TPSA) is 58.4 Å². The Labute approximate surface area is 135 Å². The van der Waals surface area contributed by atoms with E-state index in [1.54, 1.807) is 12.1 Å². The molecule has 2 rings (SSSR count). The predicted octanol–water partition coefficient (Wildman–Crippen LogP) is 2.79. The van der Waals surface area contributed by atoms with Crippen molar-refractivity contribution in [3.05, 3.63) is 28.8 Å². The van der Waals surface area contributed by atoms with E-state index in [9.17, 15) is 4.79 Å². The molecule has 1 aliphatic rings. The molecule has 0 atom stereocenters. The fourth-order valence-electron chi connectivity index (χ4n) is 2.44. The van der Waals surface area contributed by atoms with Gasteiger partial charge in [0.25, 0.3) is 0 Å². The first-order chi connectivity index (χ1) is 10.1. The van der Waals surface area contributed by atoms with Crippen LogP contribution in [0.5, 0.6) is 0 Å². The number of benzene rings is 1. The zero-order chi connectivity index (χ0) is 15.2. The first kappa shape index (κ1) is 16.0. The van der Waals surface area contributed by atoms with Crippen molar-refractivity contribution in [1.82, 2.24) is 4.90 Å². The highest BCUT2D eigenvalue weighted by atomic mass is 35.5. The number of amides is 1. The number of hydrogen-bond donors (Lipinski definition) is 2. The van der Waals surface area contributed by atoms with Crippen molar-refractivity contribution in [3.63, 3.8) is 0 Å². The van der Waals surface area contributed by atoms with E-state index in [1.807, 2.05) is 11.0 Å². The predicted molar refractivity (Wildman–Crippen MR) is 90.9 cm³/mol. The molecule has 1 fully saturated rings. The molecule has 4 nitrogen and oxygen atoms in total. The molecule has 1 heterocycles. The summed E-state index contributed by atoms with van der Waals surface area (Å²) in [6.45, 7) is 2.39. The quantitative estimate of drug-likeness (QED) is 0.817. The van der Waals surface area contributed by atoms with Crippen molar-refractivity contribution < 1.29 is 4.79 Å². The van der Waals surface area contributed by atoms with Crippen LogP contribution in [0.4, 0.5) is 5.69 Å². The van der Waals surface area contributed by atoms with E-state index >= 15 is 0 Å². The fraction of sp³-hybridized carbons (Fsp3) is 0.467. The van der Waals surface area contributed by atoms with E-state index in [-0.39, 0.29) is 10.9 Å². The number of carbonyl (C=O) groups is 1. The lowest BCUT2D eigenvalue weighted by Crippen LogP contribution is -2.36. The minimum atomic E-state index is 0.216. The Kier molecular flexibility index (Phi) is 5.82. The Bertz CT molecular complexity index is 530. The lowest BCUT2D eigenvalue weighted by atomic mass is 10.1. The van der Waals surface area contributed by atoms with Crippen molar-refractivity contribution in [2.75, 3.05) is 25.0 Å². The molecule has 1 aromatic rings. The molecule has 0 spiro atoms. The summed E-state index contributed by atoms with van der Waals surface area (Å²) in [4.78, 5) is 14.3. The van der Waals surface area contributed by atoms with Crippen LogP contribution in [0, 0.1) is 0 Å². The number of anilines is 1. The number of likely N-dealkylation sites (tertiary alicyclic amines) is 1. The molecule has 1 aromatic carbocycles. The second-order valence-electron chi connectivity index (χ2n) is 5.18. The van der Waals surface area contributed by atoms with Gasteiger partial charge in [-0.15, -0.1) is 0 Å². The molecular weight excluding hydrogens is 306 g/mol. The number of halogens is 1. The van der Waals surface area contributed by atoms with Crippen LogP contribution < -0.4 is 11.1 Å². The average Bonchev–Trinajstić information content (AvgIpc) is 2.47. The Morgan fingerprint density at radius 3 is 2.67 bits per heavy atom. The minimum Gasteiger partial charge on any atom is -0.389 e. The Morgan fingerprint density at radius 1 is 1.33 bits per heavy atom. The van der Waals surface area contributed by atoms with Crippen molar-refractivity contribution in [3.8, 4) is 0 Å². The summed E-state index contributed by atoms with van der Waals surface area (Å²) in [6.07, 6.45) is 3.97. The summed E-state index contributed by atoms with van der Waals surface area (Å²) in [5.74, 6) is 0.216. The molecule has 0 bridgehead atoms. The third-order valence-corrected chi connectivity index (χ3v) is 4.14. The number of thiocarbonyl (C=S) groups is 1. The number of nitrogens with zero attached hydrogens (tertiary/aromatic N) is 1. The molecule has 0 aliphatic carbocycles. The van der Waals surface area contributed by atoms with Gasteiger partial charge in [0, 0.05) is 37.3 Å². The minimum absolute atomic E-state index is 0.216. The lowest BCUT2D eigenvalue weighted by molar-refractivity contribution is -0.131. The monoisotopic (exact) mass is 325 g/mol. The van der Waals surface area contributed by atoms with Gasteiger partial charge in [-0.3, -0.25) is 4.79 Å². The van der Waals surface area contributed by atoms with E-state index < -0.39 is 0 Å². The summed E-state index contributed by atoms with van der Waals surface area (Å²) in [5, 5.41) is 3.73. The van der Waals surface area contributed by atoms with Crippen LogP contribution in [0.2, 0.25) is 5.02 Å². The van der Waals surface area contributed by atoms with Crippen LogP contribution in [-0.4, -0.2) is 35.4 Å². The van der Waals surface area contributed by atoms with Gasteiger partial charge in [-0.2, -0.15) is 0 Å². The molecule has 1 amide bonds. The molecule has 21 heavy (non-hydrogen) atoms. The number of hydrogen-bond acceptors (Lipinski definition) is 3. The zero-order valence-electron chi connectivity index (χ0n) is 11.9. The molecule has 3 N–H and O–H groups in total. The van der Waals surface area contributed by atoms with Crippen LogP contribution in [0.1, 0.15) is 31.2 Å². The number of nitrogens with one attached hydrogen (secondary N) is 1. The summed E-state index contributed by atoms with van der Waals surface area (Å²) in [7, 11) is 0. The molecule has 1 saturated heterocycles. The molecule has 6 heteroatoms. The van der Waals surface area contributed by atoms with Crippen LogP contribution in [-0.2, 0) is 4.79 Å². The standard InChI is InChI=1S/C15H20ClN3OS/c16-13-10-11(4-5-12(13)15(17)21)18-7-6-14(20)19-8-2-1-3-9-19/h4-5,10,18H,1-3,6-9H2,(H2,17,21). The van der Waals surface area contributed by atoms with Gasteiger partial charge in [0.2, 0.25) is 5.91 Å². The molecule has 114 valence electrons. The van der Waals surface area contributed by atoms with Gasteiger partial charge in [0.1, 0.15) is 4.99 Å². The first-order valence-corrected chi connectivity index (χ1v) is 7.97. The van der Waals surface area contributed by atoms with E-state index in [0.717, 1.165) is 31.6 Å². The highest BCUT2D eigenvalue weighted by Gasteiger charge is 2.15. The summed E-state index contributed by atoms with van der Waals surface area (Å²) >= 11 is 11.0. The number of rotatable bonds is 5. The smallest absolute Gasteiger partial charge is 0.224 e. The molecule has 0 unspecified atom stereocenters. The van der Waals surface area contributed by atoms with Crippen molar-refractivity contribution in [2.45, 2.75) is 25.7 Å². The molecule has 0 aromatic heterocycles. The normalized spacial score (nSPS) is 14.8. The Hall–Kier alpha value is -1.33. The maximum absolute atomic E-state index is 12.0. The number of carbonyl (C=O) groups excluding carboxylic acids is 1. The second kappa shape index (κ2) is 7.61. The third kappa shape index (κ3) is 4.58. The van der Waals surface area contributed by atoms with Crippen molar-refractivity contribution >= 4 is 40.4 Å². The highest BCUT2D eigenvalue weighted by molar-refractivity contribution is 7.80. The van der Waals surface area contributed by atoms with Crippen molar-refractivity contribution in [1.29, 1.82) is 0 Å². The number of piperidine rings is 1. The van der Waals surface area contributed by atoms with Gasteiger partial charge in [0.05, 0.1) is 5.02 Å². The van der Waals surface area contributed by atoms with Crippen LogP contribution in [0.25, 0.3) is 0 Å². The first-order valence-electron chi connectivity index (χ1n) is 7.19. The van der Waals surface area contributed by atoms with E-state index in [0.29, 0.717) is 23.6 Å². The van der Waals surface area contributed by atoms with Gasteiger partial charge in [-0.1, -0.05) is 23.8 Å². The maximum atomic E-state index is 12.0. The van der Waals surface area contributed by atoms with Gasteiger partial charge in [0.15, 0.2) is 0 Å². The van der Waals surface area contributed by atoms with Gasteiger partial charge in [-0.25, -0.2) is 0 Å². The van der Waals surface area contributed by atoms with Gasteiger partial charge >= 0.3 is 0 Å². The highest BCUT2D eigenvalue weighted by Crippen LogP contribution is 2.21. The molecule has 1 aliphatic heterocycles. The van der Waals surface area contributed by atoms with Crippen LogP contribution in [0.15, 0.2) is 18.2 Å². The zero-order valence-corrected chi connectivity index (χ0v) is 13.5. The van der Waals surface area contributed by atoms with Gasteiger partial charge < -0.3 is 16.0 Å².